The Morgan fingerprint density at radius 2 is 0.833 bits per heavy atom. The minimum absolute atomic E-state index is 0.598. The van der Waals surface area contributed by atoms with Gasteiger partial charge < -0.3 is 18.0 Å². The molecule has 0 saturated heterocycles. The lowest BCUT2D eigenvalue weighted by Crippen LogP contribution is -2.02. The van der Waals surface area contributed by atoms with Gasteiger partial charge in [0.2, 0.25) is 0 Å². The van der Waals surface area contributed by atoms with E-state index in [2.05, 4.69) is 143 Å². The molecule has 5 heteroatoms. The second-order valence-corrected chi connectivity index (χ2v) is 14.0. The number of para-hydroxylation sites is 5. The van der Waals surface area contributed by atoms with Gasteiger partial charge in [0.25, 0.3) is 0 Å². The summed E-state index contributed by atoms with van der Waals surface area (Å²) in [5, 5.41) is 19.1. The Labute approximate surface area is 307 Å². The lowest BCUT2D eigenvalue weighted by molar-refractivity contribution is 0.669. The molecule has 54 heavy (non-hydrogen) atoms. The second-order valence-electron chi connectivity index (χ2n) is 14.0. The molecule has 0 N–H and O–H groups in total. The van der Waals surface area contributed by atoms with Crippen molar-refractivity contribution >= 4 is 87.5 Å². The number of aromatic nitrogens is 2. The van der Waals surface area contributed by atoms with Crippen molar-refractivity contribution in [2.75, 3.05) is 0 Å². The Hall–Kier alpha value is -7.55. The van der Waals surface area contributed by atoms with Crippen molar-refractivity contribution in [2.45, 2.75) is 0 Å². The first-order valence-electron chi connectivity index (χ1n) is 18.1. The van der Waals surface area contributed by atoms with Crippen molar-refractivity contribution < 1.29 is 8.83 Å². The van der Waals surface area contributed by atoms with E-state index in [1.807, 2.05) is 36.4 Å². The van der Waals surface area contributed by atoms with Crippen molar-refractivity contribution in [1.82, 2.24) is 9.13 Å². The van der Waals surface area contributed by atoms with Crippen LogP contribution in [-0.2, 0) is 0 Å². The number of benzene rings is 8. The van der Waals surface area contributed by atoms with Gasteiger partial charge in [-0.3, -0.25) is 0 Å². The molecule has 4 aromatic heterocycles. The summed E-state index contributed by atoms with van der Waals surface area (Å²) in [5.74, 6) is 0. The van der Waals surface area contributed by atoms with Crippen molar-refractivity contribution in [1.29, 1.82) is 5.26 Å². The van der Waals surface area contributed by atoms with Gasteiger partial charge in [-0.15, -0.1) is 0 Å². The zero-order chi connectivity index (χ0) is 35.5. The van der Waals surface area contributed by atoms with E-state index in [-0.39, 0.29) is 0 Å². The Balaban J connectivity index is 1.19. The van der Waals surface area contributed by atoms with Crippen molar-refractivity contribution in [3.63, 3.8) is 0 Å². The minimum atomic E-state index is 0.598. The van der Waals surface area contributed by atoms with Crippen LogP contribution in [0, 0.1) is 11.3 Å². The van der Waals surface area contributed by atoms with Gasteiger partial charge in [0.15, 0.2) is 0 Å². The first-order valence-corrected chi connectivity index (χ1v) is 18.1. The summed E-state index contributed by atoms with van der Waals surface area (Å²) in [6.07, 6.45) is 0. The molecular weight excluding hydrogens is 663 g/mol. The average Bonchev–Trinajstić information content (AvgIpc) is 3.96. The molecule has 12 aromatic rings. The Bertz CT molecular complexity index is 3590. The lowest BCUT2D eigenvalue weighted by atomic mass is 9.98. The van der Waals surface area contributed by atoms with Crippen molar-refractivity contribution in [3.05, 3.63) is 169 Å². The second kappa shape index (κ2) is 10.7. The molecular formula is C49H27N3O2. The highest BCUT2D eigenvalue weighted by molar-refractivity contribution is 6.19. The molecule has 0 unspecified atom stereocenters. The number of rotatable bonds is 3. The maximum atomic E-state index is 10.3. The standard InChI is InChI=1S/C49H27N3O2/c50-28-29-21-22-43(52-42-18-8-3-13-32(42)37-27-49-39(25-45(37)52)34-15-5-10-20-47(34)54-49)35(23-29)30-11-1-6-16-40(30)51-41-17-7-2-12-31(41)36-26-48-38(24-44(36)51)33-14-4-9-19-46(33)53-48/h1-27H. The van der Waals surface area contributed by atoms with Gasteiger partial charge in [-0.2, -0.15) is 5.26 Å². The smallest absolute Gasteiger partial charge is 0.136 e. The SMILES string of the molecule is N#Cc1ccc(-n2c3ccccc3c3cc4oc5ccccc5c4cc32)c(-c2ccccc2-n2c3ccccc3c3cc4oc5ccccc5c4cc32)c1. The van der Waals surface area contributed by atoms with Gasteiger partial charge in [0.05, 0.1) is 45.1 Å². The number of furan rings is 2. The van der Waals surface area contributed by atoms with Gasteiger partial charge in [-0.25, -0.2) is 0 Å². The van der Waals surface area contributed by atoms with Crippen molar-refractivity contribution in [3.8, 4) is 28.6 Å². The zero-order valence-corrected chi connectivity index (χ0v) is 28.7. The number of nitrogens with zero attached hydrogens (tertiary/aromatic N) is 3. The molecule has 0 bridgehead atoms. The first kappa shape index (κ1) is 29.1. The summed E-state index contributed by atoms with van der Waals surface area (Å²) in [6.45, 7) is 0. The molecule has 0 aliphatic rings. The van der Waals surface area contributed by atoms with Crippen LogP contribution in [-0.4, -0.2) is 9.13 Å². The molecule has 250 valence electrons. The summed E-state index contributed by atoms with van der Waals surface area (Å²) in [4.78, 5) is 0. The molecule has 12 rings (SSSR count). The van der Waals surface area contributed by atoms with Gasteiger partial charge in [-0.05, 0) is 72.8 Å². The Kier molecular flexibility index (Phi) is 5.78. The molecule has 8 aromatic carbocycles. The van der Waals surface area contributed by atoms with Gasteiger partial charge in [-0.1, -0.05) is 91.0 Å². The van der Waals surface area contributed by atoms with E-state index in [4.69, 9.17) is 8.83 Å². The molecule has 0 atom stereocenters. The highest BCUT2D eigenvalue weighted by Crippen LogP contribution is 2.44. The van der Waals surface area contributed by atoms with Crippen molar-refractivity contribution in [2.24, 2.45) is 0 Å². The van der Waals surface area contributed by atoms with Crippen LogP contribution in [0.4, 0.5) is 0 Å². The summed E-state index contributed by atoms with van der Waals surface area (Å²) in [6, 6.07) is 59.5. The summed E-state index contributed by atoms with van der Waals surface area (Å²) in [7, 11) is 0. The molecule has 0 saturated carbocycles. The fourth-order valence-electron chi connectivity index (χ4n) is 8.81. The molecule has 0 fully saturated rings. The highest BCUT2D eigenvalue weighted by Gasteiger charge is 2.22. The number of hydrogen-bond acceptors (Lipinski definition) is 3. The molecule has 0 spiro atoms. The van der Waals surface area contributed by atoms with Crippen LogP contribution < -0.4 is 0 Å². The summed E-state index contributed by atoms with van der Waals surface area (Å²) in [5.41, 5.74) is 12.4. The number of fused-ring (bicyclic) bond motifs is 12. The fraction of sp³-hybridized carbons (Fsp3) is 0. The molecule has 4 heterocycles. The monoisotopic (exact) mass is 689 g/mol. The van der Waals surface area contributed by atoms with Crippen LogP contribution in [0.25, 0.3) is 110 Å². The Morgan fingerprint density at radius 1 is 0.352 bits per heavy atom. The third kappa shape index (κ3) is 3.91. The quantitative estimate of drug-likeness (QED) is 0.185. The van der Waals surface area contributed by atoms with Gasteiger partial charge >= 0.3 is 0 Å². The van der Waals surface area contributed by atoms with Crippen LogP contribution in [0.5, 0.6) is 0 Å². The van der Waals surface area contributed by atoms with Crippen LogP contribution >= 0.6 is 0 Å². The maximum Gasteiger partial charge on any atom is 0.136 e. The van der Waals surface area contributed by atoms with Crippen LogP contribution in [0.3, 0.4) is 0 Å². The van der Waals surface area contributed by atoms with E-state index in [0.29, 0.717) is 5.56 Å². The fourth-order valence-corrected chi connectivity index (χ4v) is 8.81. The topological polar surface area (TPSA) is 59.9 Å². The molecule has 0 radical (unpaired) electrons. The molecule has 0 aliphatic carbocycles. The van der Waals surface area contributed by atoms with E-state index >= 15 is 0 Å². The predicted octanol–water partition coefficient (Wildman–Crippen LogP) is 13.2. The van der Waals surface area contributed by atoms with Crippen LogP contribution in [0.2, 0.25) is 0 Å². The van der Waals surface area contributed by atoms with E-state index in [0.717, 1.165) is 110 Å². The molecule has 0 aliphatic heterocycles. The van der Waals surface area contributed by atoms with Gasteiger partial charge in [0, 0.05) is 54.2 Å². The average molecular weight is 690 g/mol. The van der Waals surface area contributed by atoms with Crippen LogP contribution in [0.1, 0.15) is 5.56 Å². The highest BCUT2D eigenvalue weighted by atomic mass is 16.3. The number of nitriles is 1. The van der Waals surface area contributed by atoms with Gasteiger partial charge in [0.1, 0.15) is 22.3 Å². The lowest BCUT2D eigenvalue weighted by Gasteiger charge is -2.19. The van der Waals surface area contributed by atoms with E-state index < -0.39 is 0 Å². The first-order chi connectivity index (χ1) is 26.7. The number of hydrogen-bond donors (Lipinski definition) is 0. The third-order valence-corrected chi connectivity index (χ3v) is 11.1. The molecule has 0 amide bonds. The minimum Gasteiger partial charge on any atom is -0.456 e. The normalized spacial score (nSPS) is 12.1. The van der Waals surface area contributed by atoms with E-state index in [9.17, 15) is 5.26 Å². The largest absolute Gasteiger partial charge is 0.456 e. The zero-order valence-electron chi connectivity index (χ0n) is 28.7. The molecule has 5 nitrogen and oxygen atoms in total. The van der Waals surface area contributed by atoms with E-state index in [1.54, 1.807) is 0 Å². The summed E-state index contributed by atoms with van der Waals surface area (Å²) >= 11 is 0. The van der Waals surface area contributed by atoms with E-state index in [1.165, 1.54) is 0 Å². The van der Waals surface area contributed by atoms with Crippen LogP contribution in [0.15, 0.2) is 173 Å². The Morgan fingerprint density at radius 3 is 1.41 bits per heavy atom. The summed E-state index contributed by atoms with van der Waals surface area (Å²) < 4.78 is 17.5. The maximum absolute atomic E-state index is 10.3. The third-order valence-electron chi connectivity index (χ3n) is 11.1. The predicted molar refractivity (Wildman–Crippen MR) is 220 cm³/mol.